The van der Waals surface area contributed by atoms with Crippen LogP contribution in [-0.2, 0) is 22.4 Å². The molecule has 34 heavy (non-hydrogen) atoms. The molecule has 2 saturated heterocycles. The van der Waals surface area contributed by atoms with Crippen molar-refractivity contribution in [1.82, 2.24) is 20.3 Å². The van der Waals surface area contributed by atoms with Crippen molar-refractivity contribution in [3.8, 4) is 0 Å². The molecule has 0 spiro atoms. The van der Waals surface area contributed by atoms with Crippen molar-refractivity contribution < 1.29 is 18.7 Å². The third-order valence-electron chi connectivity index (χ3n) is 7.16. The number of pyridine rings is 2. The summed E-state index contributed by atoms with van der Waals surface area (Å²) in [4.78, 5) is 25.0. The van der Waals surface area contributed by atoms with Gasteiger partial charge in [0.15, 0.2) is 5.69 Å². The lowest BCUT2D eigenvalue weighted by molar-refractivity contribution is -0.165. The van der Waals surface area contributed by atoms with E-state index >= 15 is 0 Å². The molecule has 0 aromatic carbocycles. The van der Waals surface area contributed by atoms with Crippen LogP contribution in [-0.4, -0.2) is 45.3 Å². The zero-order chi connectivity index (χ0) is 23.8. The van der Waals surface area contributed by atoms with Gasteiger partial charge in [0.1, 0.15) is 10.8 Å². The molecule has 1 N–H and O–H groups in total. The molecule has 2 aliphatic heterocycles. The number of nitrogens with zero attached hydrogens (tertiary/aromatic N) is 3. The number of carbonyl (C=O) groups is 1. The summed E-state index contributed by atoms with van der Waals surface area (Å²) in [5, 5.41) is 6.25. The van der Waals surface area contributed by atoms with Crippen LogP contribution in [0.4, 0.5) is 4.39 Å². The number of hydrogen-bond acceptors (Lipinski definition) is 8. The lowest BCUT2D eigenvalue weighted by Crippen LogP contribution is -2.61. The van der Waals surface area contributed by atoms with Gasteiger partial charge < -0.3 is 14.8 Å². The van der Waals surface area contributed by atoms with Gasteiger partial charge in [0, 0.05) is 28.7 Å². The highest BCUT2D eigenvalue weighted by Gasteiger charge is 2.49. The van der Waals surface area contributed by atoms with Gasteiger partial charge in [-0.15, -0.1) is 11.3 Å². The number of rotatable bonds is 8. The van der Waals surface area contributed by atoms with Crippen molar-refractivity contribution >= 4 is 28.3 Å². The molecule has 1 saturated carbocycles. The van der Waals surface area contributed by atoms with Gasteiger partial charge in [0.05, 0.1) is 36.0 Å². The molecular formula is C25H29FN4O3S. The summed E-state index contributed by atoms with van der Waals surface area (Å²) in [6, 6.07) is 3.80. The molecule has 1 aliphatic carbocycles. The zero-order valence-corrected chi connectivity index (χ0v) is 20.3. The minimum atomic E-state index is -0.379. The largest absolute Gasteiger partial charge is 0.461 e. The number of hydrogen-bond donors (Lipinski definition) is 1. The smallest absolute Gasteiger partial charge is 0.357 e. The van der Waals surface area contributed by atoms with Crippen LogP contribution in [0, 0.1) is 12.7 Å². The fourth-order valence-electron chi connectivity index (χ4n) is 5.05. The first-order valence-electron chi connectivity index (χ1n) is 11.8. The Morgan fingerprint density at radius 3 is 2.82 bits per heavy atom. The summed E-state index contributed by atoms with van der Waals surface area (Å²) < 4.78 is 26.1. The predicted octanol–water partition coefficient (Wildman–Crippen LogP) is 4.51. The van der Waals surface area contributed by atoms with Crippen LogP contribution < -0.4 is 5.32 Å². The molecule has 0 unspecified atom stereocenters. The number of ether oxygens (including phenoxy) is 2. The molecular weight excluding hydrogens is 455 g/mol. The van der Waals surface area contributed by atoms with E-state index in [1.165, 1.54) is 17.5 Å². The van der Waals surface area contributed by atoms with Crippen LogP contribution in [0.3, 0.4) is 0 Å². The molecule has 0 amide bonds. The Morgan fingerprint density at radius 1 is 1.26 bits per heavy atom. The zero-order valence-electron chi connectivity index (χ0n) is 19.5. The van der Waals surface area contributed by atoms with Gasteiger partial charge in [-0.1, -0.05) is 0 Å². The van der Waals surface area contributed by atoms with E-state index in [4.69, 9.17) is 9.47 Å². The van der Waals surface area contributed by atoms with E-state index in [-0.39, 0.29) is 22.9 Å². The normalized spacial score (nSPS) is 24.0. The summed E-state index contributed by atoms with van der Waals surface area (Å²) in [5.74, 6) is -0.675. The number of nitrogens with one attached hydrogen (secondary N) is 1. The van der Waals surface area contributed by atoms with Gasteiger partial charge in [0.2, 0.25) is 0 Å². The predicted molar refractivity (Wildman–Crippen MR) is 127 cm³/mol. The average Bonchev–Trinajstić information content (AvgIpc) is 3.33. The van der Waals surface area contributed by atoms with Crippen LogP contribution in [0.2, 0.25) is 0 Å². The molecule has 5 heterocycles. The molecule has 3 fully saturated rings. The Morgan fingerprint density at radius 2 is 2.09 bits per heavy atom. The quantitative estimate of drug-likeness (QED) is 0.471. The Bertz CT molecular complexity index is 1180. The Kier molecular flexibility index (Phi) is 6.35. The minimum absolute atomic E-state index is 0.0786. The number of halogens is 1. The monoisotopic (exact) mass is 484 g/mol. The summed E-state index contributed by atoms with van der Waals surface area (Å²) in [7, 11) is 0. The Labute approximate surface area is 202 Å². The van der Waals surface area contributed by atoms with Gasteiger partial charge in [-0.3, -0.25) is 9.97 Å². The number of fused-ring (bicyclic) bond motifs is 4. The van der Waals surface area contributed by atoms with E-state index < -0.39 is 0 Å². The summed E-state index contributed by atoms with van der Waals surface area (Å²) in [6.07, 6.45) is 6.52. The van der Waals surface area contributed by atoms with E-state index in [1.807, 2.05) is 19.1 Å². The third kappa shape index (κ3) is 4.56. The number of esters is 1. The maximum atomic E-state index is 14.7. The van der Waals surface area contributed by atoms with Crippen LogP contribution in [0.15, 0.2) is 23.7 Å². The molecule has 3 aromatic rings. The average molecular weight is 485 g/mol. The summed E-state index contributed by atoms with van der Waals surface area (Å²) in [5.41, 5.74) is 2.95. The second-order valence-electron chi connectivity index (χ2n) is 9.36. The standard InChI is InChI=1S/C25H29FN4O3S/c1-3-32-23(31)20-14-34-21(30-20)13-28-24-8-10-25(11-9-24,33-15-24)7-6-17-18(26)12-27-19-5-4-16(2)29-22(17)19/h4-5,12,14,28H,3,6-11,13,15H2,1-2H3. The molecule has 3 aromatic heterocycles. The van der Waals surface area contributed by atoms with Gasteiger partial charge >= 0.3 is 5.97 Å². The first-order chi connectivity index (χ1) is 16.4. The lowest BCUT2D eigenvalue weighted by Gasteiger charge is -2.53. The second-order valence-corrected chi connectivity index (χ2v) is 10.3. The van der Waals surface area contributed by atoms with Crippen LogP contribution in [0.25, 0.3) is 11.0 Å². The topological polar surface area (TPSA) is 86.2 Å². The van der Waals surface area contributed by atoms with E-state index in [2.05, 4.69) is 20.3 Å². The van der Waals surface area contributed by atoms with Crippen molar-refractivity contribution in [2.24, 2.45) is 0 Å². The third-order valence-corrected chi connectivity index (χ3v) is 8.01. The fraction of sp³-hybridized carbons (Fsp3) is 0.520. The molecule has 3 aliphatic rings. The van der Waals surface area contributed by atoms with Gasteiger partial charge in [-0.05, 0) is 64.5 Å². The number of thiazole rings is 1. The second kappa shape index (κ2) is 9.28. The van der Waals surface area contributed by atoms with Crippen molar-refractivity contribution in [3.05, 3.63) is 51.5 Å². The summed E-state index contributed by atoms with van der Waals surface area (Å²) >= 11 is 1.46. The lowest BCUT2D eigenvalue weighted by atomic mass is 9.69. The highest BCUT2D eigenvalue weighted by molar-refractivity contribution is 7.09. The highest BCUT2D eigenvalue weighted by Crippen LogP contribution is 2.46. The Hall–Kier alpha value is -2.49. The molecule has 180 valence electrons. The van der Waals surface area contributed by atoms with E-state index in [0.717, 1.165) is 48.3 Å². The van der Waals surface area contributed by atoms with E-state index in [0.29, 0.717) is 43.0 Å². The van der Waals surface area contributed by atoms with Crippen molar-refractivity contribution in [1.29, 1.82) is 0 Å². The van der Waals surface area contributed by atoms with Crippen molar-refractivity contribution in [2.45, 2.75) is 70.1 Å². The maximum Gasteiger partial charge on any atom is 0.357 e. The highest BCUT2D eigenvalue weighted by atomic mass is 32.1. The number of aromatic nitrogens is 3. The van der Waals surface area contributed by atoms with E-state index in [1.54, 1.807) is 12.3 Å². The van der Waals surface area contributed by atoms with Gasteiger partial charge in [0.25, 0.3) is 0 Å². The fourth-order valence-corrected chi connectivity index (χ4v) is 5.75. The molecule has 0 radical (unpaired) electrons. The first kappa shape index (κ1) is 23.3. The number of aryl methyl sites for hydroxylation is 2. The van der Waals surface area contributed by atoms with Crippen LogP contribution in [0.1, 0.15) is 65.8 Å². The molecule has 9 heteroatoms. The van der Waals surface area contributed by atoms with Crippen LogP contribution >= 0.6 is 11.3 Å². The van der Waals surface area contributed by atoms with Crippen molar-refractivity contribution in [2.75, 3.05) is 13.2 Å². The molecule has 7 nitrogen and oxygen atoms in total. The van der Waals surface area contributed by atoms with Gasteiger partial charge in [-0.2, -0.15) is 0 Å². The maximum absolute atomic E-state index is 14.7. The van der Waals surface area contributed by atoms with Crippen molar-refractivity contribution in [3.63, 3.8) is 0 Å². The molecule has 2 bridgehead atoms. The number of carbonyl (C=O) groups excluding carboxylic acids is 1. The molecule has 0 atom stereocenters. The minimum Gasteiger partial charge on any atom is -0.461 e. The first-order valence-corrected chi connectivity index (χ1v) is 12.7. The summed E-state index contributed by atoms with van der Waals surface area (Å²) in [6.45, 7) is 5.26. The Balaban J connectivity index is 1.20. The SMILES string of the molecule is CCOC(=O)c1csc(CNC23CCC(CCc4c(F)cnc5ccc(C)nc45)(CC2)OC3)n1. The van der Waals surface area contributed by atoms with E-state index in [9.17, 15) is 9.18 Å². The van der Waals surface area contributed by atoms with Crippen LogP contribution in [0.5, 0.6) is 0 Å². The molecule has 6 rings (SSSR count). The van der Waals surface area contributed by atoms with Gasteiger partial charge in [-0.25, -0.2) is 14.2 Å².